The fraction of sp³-hybridized carbons (Fsp3) is 0.485. The summed E-state index contributed by atoms with van der Waals surface area (Å²) in [6.45, 7) is 2.25. The number of hydrogen-bond acceptors (Lipinski definition) is 10. The van der Waals surface area contributed by atoms with E-state index in [1.54, 1.807) is 4.90 Å². The summed E-state index contributed by atoms with van der Waals surface area (Å²) in [5.41, 5.74) is -0.549. The van der Waals surface area contributed by atoms with Crippen LogP contribution in [-0.2, 0) is 26.7 Å². The van der Waals surface area contributed by atoms with Crippen LogP contribution < -0.4 is 20.7 Å². The Labute approximate surface area is 291 Å². The average Bonchev–Trinajstić information content (AvgIpc) is 3.67. The van der Waals surface area contributed by atoms with Gasteiger partial charge in [-0.05, 0) is 61.1 Å². The first kappa shape index (κ1) is 36.6. The molecule has 1 saturated heterocycles. The first-order chi connectivity index (χ1) is 24.0. The third-order valence-electron chi connectivity index (χ3n) is 9.02. The van der Waals surface area contributed by atoms with E-state index in [-0.39, 0.29) is 28.8 Å². The quantitative estimate of drug-likeness (QED) is 0.256. The third-order valence-corrected chi connectivity index (χ3v) is 9.68. The van der Waals surface area contributed by atoms with Gasteiger partial charge in [-0.25, -0.2) is 9.37 Å². The van der Waals surface area contributed by atoms with Crippen molar-refractivity contribution in [2.24, 2.45) is 5.92 Å². The number of nitrogens with zero attached hydrogens (tertiary/aromatic N) is 5. The van der Waals surface area contributed by atoms with Crippen LogP contribution >= 0.6 is 11.5 Å². The molecule has 1 aliphatic heterocycles. The summed E-state index contributed by atoms with van der Waals surface area (Å²) < 4.78 is 54.6. The summed E-state index contributed by atoms with van der Waals surface area (Å²) in [4.78, 5) is 60.6. The van der Waals surface area contributed by atoms with E-state index in [9.17, 15) is 19.2 Å². The Morgan fingerprint density at radius 1 is 1.02 bits per heavy atom. The molecule has 1 aromatic carbocycles. The Hall–Kier alpha value is -4.64. The Bertz CT molecular complexity index is 1650. The van der Waals surface area contributed by atoms with Gasteiger partial charge in [0.05, 0.1) is 19.0 Å². The minimum absolute atomic E-state index is 0.0512. The van der Waals surface area contributed by atoms with E-state index in [1.807, 2.05) is 7.05 Å². The van der Waals surface area contributed by atoms with Crippen LogP contribution in [0.1, 0.15) is 52.9 Å². The number of likely N-dealkylation sites (N-methyl/N-ethyl adjacent to an activating group) is 1. The standard InChI is InChI=1S/C33H39F3N8O5S/c1-43-12-14-44(15-13-43)31(47)25(40-29(45)26-19-38-42-50-26)17-20-8-10-24(23(34)16-20)39-30(46)28(21-6-4-3-5-7-21)41-32(48)33(35,36)22-9-11-27(49-2)37-18-22/h8-11,16,18-19,21,25,28H,3-7,12-15,17H2,1-2H3,(H,39,46)(H,40,45)(H,41,48)/t25-,28+/m1/s1. The first-order valence-corrected chi connectivity index (χ1v) is 17.1. The molecule has 0 unspecified atom stereocenters. The van der Waals surface area contributed by atoms with Gasteiger partial charge in [0.1, 0.15) is 22.8 Å². The monoisotopic (exact) mass is 716 g/mol. The second-order valence-corrected chi connectivity index (χ2v) is 13.2. The second kappa shape index (κ2) is 16.4. The normalized spacial score (nSPS) is 17.0. The SMILES string of the molecule is COc1ccc(C(F)(F)C(=O)N[C@H](C(=O)Nc2ccc(C[C@@H](NC(=O)c3cnns3)C(=O)N3CCN(C)CC3)cc2F)C2CCCCC2)cn1. The highest BCUT2D eigenvalue weighted by Crippen LogP contribution is 2.32. The van der Waals surface area contributed by atoms with E-state index >= 15 is 13.2 Å². The number of halogens is 3. The Morgan fingerprint density at radius 3 is 2.38 bits per heavy atom. The van der Waals surface area contributed by atoms with E-state index in [4.69, 9.17) is 4.74 Å². The van der Waals surface area contributed by atoms with Crippen LogP contribution in [0.5, 0.6) is 5.88 Å². The number of alkyl halides is 2. The summed E-state index contributed by atoms with van der Waals surface area (Å²) in [5.74, 6) is -8.60. The van der Waals surface area contributed by atoms with Crippen LogP contribution in [-0.4, -0.2) is 100 Å². The molecule has 5 rings (SSSR count). The maximum atomic E-state index is 15.5. The zero-order chi connectivity index (χ0) is 35.8. The van der Waals surface area contributed by atoms with Crippen molar-refractivity contribution < 1.29 is 37.1 Å². The summed E-state index contributed by atoms with van der Waals surface area (Å²) >= 11 is 0.874. The van der Waals surface area contributed by atoms with E-state index in [1.165, 1.54) is 31.5 Å². The van der Waals surface area contributed by atoms with Gasteiger partial charge in [-0.3, -0.25) is 19.2 Å². The summed E-state index contributed by atoms with van der Waals surface area (Å²) in [6, 6.07) is 3.77. The van der Waals surface area contributed by atoms with Crippen LogP contribution in [0.2, 0.25) is 0 Å². The summed E-state index contributed by atoms with van der Waals surface area (Å²) in [5, 5.41) is 11.1. The zero-order valence-corrected chi connectivity index (χ0v) is 28.5. The number of rotatable bonds is 12. The molecule has 3 aromatic rings. The lowest BCUT2D eigenvalue weighted by molar-refractivity contribution is -0.149. The third kappa shape index (κ3) is 8.93. The predicted octanol–water partition coefficient (Wildman–Crippen LogP) is 2.99. The molecule has 2 aliphatic rings. The van der Waals surface area contributed by atoms with Gasteiger partial charge >= 0.3 is 5.92 Å². The summed E-state index contributed by atoms with van der Waals surface area (Å²) in [6.07, 6.45) is 5.49. The number of benzene rings is 1. The second-order valence-electron chi connectivity index (χ2n) is 12.5. The number of carbonyl (C=O) groups is 4. The topological polar surface area (TPSA) is 159 Å². The van der Waals surface area contributed by atoms with Gasteiger partial charge in [0.15, 0.2) is 0 Å². The van der Waals surface area contributed by atoms with Gasteiger partial charge < -0.3 is 30.5 Å². The molecule has 0 spiro atoms. The van der Waals surface area contributed by atoms with Gasteiger partial charge in [0.2, 0.25) is 17.7 Å². The lowest BCUT2D eigenvalue weighted by atomic mass is 9.83. The van der Waals surface area contributed by atoms with Crippen LogP contribution in [0.25, 0.3) is 0 Å². The van der Waals surface area contributed by atoms with E-state index in [2.05, 4.69) is 35.4 Å². The van der Waals surface area contributed by atoms with Crippen molar-refractivity contribution in [2.45, 2.75) is 56.5 Å². The lowest BCUT2D eigenvalue weighted by Crippen LogP contribution is -2.55. The Morgan fingerprint density at radius 2 is 1.76 bits per heavy atom. The van der Waals surface area contributed by atoms with Crippen molar-refractivity contribution >= 4 is 40.8 Å². The minimum Gasteiger partial charge on any atom is -0.481 e. The van der Waals surface area contributed by atoms with E-state index in [0.717, 1.165) is 49.1 Å². The molecule has 13 nitrogen and oxygen atoms in total. The van der Waals surface area contributed by atoms with Crippen molar-refractivity contribution in [2.75, 3.05) is 45.7 Å². The predicted molar refractivity (Wildman–Crippen MR) is 177 cm³/mol. The number of pyridine rings is 1. The number of aromatic nitrogens is 3. The smallest absolute Gasteiger partial charge is 0.351 e. The van der Waals surface area contributed by atoms with Crippen LogP contribution in [0.15, 0.2) is 42.7 Å². The molecule has 2 atom stereocenters. The molecule has 1 saturated carbocycles. The molecular weight excluding hydrogens is 677 g/mol. The summed E-state index contributed by atoms with van der Waals surface area (Å²) in [7, 11) is 3.27. The van der Waals surface area contributed by atoms with Crippen LogP contribution in [0.4, 0.5) is 18.9 Å². The van der Waals surface area contributed by atoms with Crippen molar-refractivity contribution in [3.8, 4) is 5.88 Å². The van der Waals surface area contributed by atoms with Crippen LogP contribution in [0, 0.1) is 11.7 Å². The maximum Gasteiger partial charge on any atom is 0.351 e. The number of amides is 4. The van der Waals surface area contributed by atoms with Crippen molar-refractivity contribution in [3.63, 3.8) is 0 Å². The molecule has 3 N–H and O–H groups in total. The molecule has 3 heterocycles. The number of piperazine rings is 1. The van der Waals surface area contributed by atoms with Crippen molar-refractivity contribution in [1.29, 1.82) is 0 Å². The largest absolute Gasteiger partial charge is 0.481 e. The van der Waals surface area contributed by atoms with E-state index in [0.29, 0.717) is 44.6 Å². The molecule has 2 aromatic heterocycles. The highest BCUT2D eigenvalue weighted by atomic mass is 32.1. The van der Waals surface area contributed by atoms with Crippen molar-refractivity contribution in [1.82, 2.24) is 35.0 Å². The van der Waals surface area contributed by atoms with Gasteiger partial charge in [0, 0.05) is 50.4 Å². The fourth-order valence-corrected chi connectivity index (χ4v) is 6.51. The maximum absolute atomic E-state index is 15.5. The van der Waals surface area contributed by atoms with Gasteiger partial charge in [0.25, 0.3) is 11.8 Å². The molecule has 2 fully saturated rings. The number of ether oxygens (including phenoxy) is 1. The van der Waals surface area contributed by atoms with Gasteiger partial charge in [-0.15, -0.1) is 5.10 Å². The molecule has 0 radical (unpaired) electrons. The molecule has 268 valence electrons. The molecule has 4 amide bonds. The number of nitrogens with one attached hydrogen (secondary N) is 3. The lowest BCUT2D eigenvalue weighted by Gasteiger charge is -2.34. The molecule has 17 heteroatoms. The average molecular weight is 717 g/mol. The van der Waals surface area contributed by atoms with Gasteiger partial charge in [-0.2, -0.15) is 8.78 Å². The number of carbonyl (C=O) groups excluding carboxylic acids is 4. The Kier molecular flexibility index (Phi) is 12.0. The minimum atomic E-state index is -4.01. The molecular formula is C33H39F3N8O5S. The number of anilines is 1. The van der Waals surface area contributed by atoms with Crippen LogP contribution in [0.3, 0.4) is 0 Å². The Balaban J connectivity index is 1.31. The zero-order valence-electron chi connectivity index (χ0n) is 27.7. The highest BCUT2D eigenvalue weighted by molar-refractivity contribution is 7.07. The molecule has 0 bridgehead atoms. The first-order valence-electron chi connectivity index (χ1n) is 16.3. The number of methoxy groups -OCH3 is 1. The van der Waals surface area contributed by atoms with Gasteiger partial charge in [-0.1, -0.05) is 29.8 Å². The highest BCUT2D eigenvalue weighted by Gasteiger charge is 2.44. The molecule has 50 heavy (non-hydrogen) atoms. The molecule has 1 aliphatic carbocycles. The number of hydrogen-bond donors (Lipinski definition) is 3. The van der Waals surface area contributed by atoms with Crippen molar-refractivity contribution in [3.05, 3.63) is 64.5 Å². The fourth-order valence-electron chi connectivity index (χ4n) is 6.09. The van der Waals surface area contributed by atoms with E-state index < -0.39 is 53.0 Å².